The Labute approximate surface area is 156 Å². The zero-order chi connectivity index (χ0) is 18.0. The maximum absolute atomic E-state index is 12.9. The van der Waals surface area contributed by atoms with E-state index < -0.39 is 6.04 Å². The number of rotatable bonds is 5. The van der Waals surface area contributed by atoms with Gasteiger partial charge in [0.2, 0.25) is 5.91 Å². The summed E-state index contributed by atoms with van der Waals surface area (Å²) >= 11 is 3.39. The number of carbonyl (C=O) groups is 2. The van der Waals surface area contributed by atoms with Crippen molar-refractivity contribution in [1.29, 1.82) is 0 Å². The Balaban J connectivity index is 1.81. The van der Waals surface area contributed by atoms with E-state index in [1.54, 1.807) is 4.90 Å². The van der Waals surface area contributed by atoms with Gasteiger partial charge < -0.3 is 10.2 Å². The molecule has 1 aliphatic heterocycles. The summed E-state index contributed by atoms with van der Waals surface area (Å²) in [6, 6.07) is 14.5. The average Bonchev–Trinajstić information content (AvgIpc) is 2.91. The van der Waals surface area contributed by atoms with Crippen LogP contribution < -0.4 is 5.32 Å². The maximum atomic E-state index is 12.9. The summed E-state index contributed by atoms with van der Waals surface area (Å²) < 4.78 is 0.953. The Hall–Kier alpha value is -2.14. The summed E-state index contributed by atoms with van der Waals surface area (Å²) in [6.45, 7) is 4.61. The van der Waals surface area contributed by atoms with Crippen LogP contribution in [0.2, 0.25) is 0 Å². The quantitative estimate of drug-likeness (QED) is 0.805. The van der Waals surface area contributed by atoms with Gasteiger partial charge >= 0.3 is 0 Å². The SMILES string of the molecule is CC(C)C[C@@H](C(=O)Nc1ccc(Br)cc1)N1Cc2ccccc2C1=O. The molecule has 0 radical (unpaired) electrons. The van der Waals surface area contributed by atoms with Crippen LogP contribution in [0.3, 0.4) is 0 Å². The molecule has 2 aromatic carbocycles. The zero-order valence-electron chi connectivity index (χ0n) is 14.3. The molecule has 1 N–H and O–H groups in total. The van der Waals surface area contributed by atoms with E-state index in [9.17, 15) is 9.59 Å². The van der Waals surface area contributed by atoms with E-state index in [0.29, 0.717) is 24.4 Å². The molecule has 0 unspecified atom stereocenters. The molecule has 2 aromatic rings. The van der Waals surface area contributed by atoms with Gasteiger partial charge in [-0.15, -0.1) is 0 Å². The molecule has 0 saturated carbocycles. The second-order valence-electron chi connectivity index (χ2n) is 6.73. The van der Waals surface area contributed by atoms with Crippen molar-refractivity contribution in [3.63, 3.8) is 0 Å². The van der Waals surface area contributed by atoms with Gasteiger partial charge in [-0.3, -0.25) is 9.59 Å². The van der Waals surface area contributed by atoms with Gasteiger partial charge in [0.25, 0.3) is 5.91 Å². The summed E-state index contributed by atoms with van der Waals surface area (Å²) in [4.78, 5) is 27.4. The Kier molecular flexibility index (Phi) is 5.23. The summed E-state index contributed by atoms with van der Waals surface area (Å²) in [7, 11) is 0. The minimum Gasteiger partial charge on any atom is -0.324 e. The normalized spacial score (nSPS) is 14.6. The third kappa shape index (κ3) is 3.93. The standard InChI is InChI=1S/C20H21BrN2O2/c1-13(2)11-18(19(24)22-16-9-7-15(21)8-10-16)23-12-14-5-3-4-6-17(14)20(23)25/h3-10,13,18H,11-12H2,1-2H3,(H,22,24)/t18-/m0/s1. The third-order valence-electron chi connectivity index (χ3n) is 4.33. The number of hydrogen-bond acceptors (Lipinski definition) is 2. The molecule has 130 valence electrons. The molecule has 1 aliphatic rings. The molecule has 0 aromatic heterocycles. The molecular weight excluding hydrogens is 380 g/mol. The van der Waals surface area contributed by atoms with Crippen LogP contribution >= 0.6 is 15.9 Å². The molecule has 0 aliphatic carbocycles. The number of carbonyl (C=O) groups excluding carboxylic acids is 2. The second kappa shape index (κ2) is 7.40. The molecule has 0 saturated heterocycles. The third-order valence-corrected chi connectivity index (χ3v) is 4.86. The van der Waals surface area contributed by atoms with E-state index in [2.05, 4.69) is 35.1 Å². The van der Waals surface area contributed by atoms with Crippen LogP contribution in [0.1, 0.15) is 36.2 Å². The number of halogens is 1. The van der Waals surface area contributed by atoms with Crippen molar-refractivity contribution in [1.82, 2.24) is 4.90 Å². The minimum absolute atomic E-state index is 0.0628. The van der Waals surface area contributed by atoms with Crippen LogP contribution in [-0.4, -0.2) is 22.8 Å². The number of amides is 2. The van der Waals surface area contributed by atoms with E-state index in [1.165, 1.54) is 0 Å². The van der Waals surface area contributed by atoms with Crippen molar-refractivity contribution >= 4 is 33.4 Å². The second-order valence-corrected chi connectivity index (χ2v) is 7.65. The van der Waals surface area contributed by atoms with Gasteiger partial charge in [0.15, 0.2) is 0 Å². The molecule has 1 heterocycles. The Morgan fingerprint density at radius 3 is 2.48 bits per heavy atom. The van der Waals surface area contributed by atoms with Crippen molar-refractivity contribution in [2.45, 2.75) is 32.9 Å². The van der Waals surface area contributed by atoms with Crippen molar-refractivity contribution < 1.29 is 9.59 Å². The number of fused-ring (bicyclic) bond motifs is 1. The highest BCUT2D eigenvalue weighted by Gasteiger charge is 2.36. The van der Waals surface area contributed by atoms with Crippen LogP contribution in [0.4, 0.5) is 5.69 Å². The number of benzene rings is 2. The van der Waals surface area contributed by atoms with Crippen LogP contribution in [0.5, 0.6) is 0 Å². The molecule has 0 spiro atoms. The van der Waals surface area contributed by atoms with Gasteiger partial charge in [-0.05, 0) is 48.2 Å². The highest BCUT2D eigenvalue weighted by Crippen LogP contribution is 2.27. The van der Waals surface area contributed by atoms with Crippen molar-refractivity contribution in [2.75, 3.05) is 5.32 Å². The fraction of sp³-hybridized carbons (Fsp3) is 0.300. The monoisotopic (exact) mass is 400 g/mol. The molecule has 25 heavy (non-hydrogen) atoms. The Bertz CT molecular complexity index is 787. The fourth-order valence-electron chi connectivity index (χ4n) is 3.11. The Morgan fingerprint density at radius 1 is 1.16 bits per heavy atom. The highest BCUT2D eigenvalue weighted by molar-refractivity contribution is 9.10. The smallest absolute Gasteiger partial charge is 0.255 e. The number of nitrogens with zero attached hydrogens (tertiary/aromatic N) is 1. The number of anilines is 1. The first kappa shape index (κ1) is 17.7. The molecule has 0 bridgehead atoms. The predicted octanol–water partition coefficient (Wildman–Crippen LogP) is 4.46. The van der Waals surface area contributed by atoms with Crippen molar-refractivity contribution in [3.05, 3.63) is 64.1 Å². The molecule has 1 atom stereocenters. The summed E-state index contributed by atoms with van der Waals surface area (Å²) in [5.41, 5.74) is 2.41. The van der Waals surface area contributed by atoms with Gasteiger partial charge in [0.1, 0.15) is 6.04 Å². The Morgan fingerprint density at radius 2 is 1.84 bits per heavy atom. The zero-order valence-corrected chi connectivity index (χ0v) is 15.9. The number of nitrogens with one attached hydrogen (secondary N) is 1. The first-order valence-corrected chi connectivity index (χ1v) is 9.20. The van der Waals surface area contributed by atoms with Gasteiger partial charge in [-0.1, -0.05) is 48.0 Å². The lowest BCUT2D eigenvalue weighted by Crippen LogP contribution is -2.45. The molecule has 5 heteroatoms. The van der Waals surface area contributed by atoms with Crippen LogP contribution in [0.15, 0.2) is 53.0 Å². The fourth-order valence-corrected chi connectivity index (χ4v) is 3.37. The topological polar surface area (TPSA) is 49.4 Å². The molecule has 3 rings (SSSR count). The average molecular weight is 401 g/mol. The lowest BCUT2D eigenvalue weighted by molar-refractivity contribution is -0.121. The van der Waals surface area contributed by atoms with Crippen LogP contribution in [0, 0.1) is 5.92 Å². The molecule has 0 fully saturated rings. The van der Waals surface area contributed by atoms with Crippen molar-refractivity contribution in [2.24, 2.45) is 5.92 Å². The van der Waals surface area contributed by atoms with Gasteiger partial charge in [-0.2, -0.15) is 0 Å². The lowest BCUT2D eigenvalue weighted by atomic mass is 10.0. The molecule has 2 amide bonds. The maximum Gasteiger partial charge on any atom is 0.255 e. The van der Waals surface area contributed by atoms with E-state index in [1.807, 2.05) is 48.5 Å². The molecular formula is C20H21BrN2O2. The van der Waals surface area contributed by atoms with E-state index in [0.717, 1.165) is 15.7 Å². The summed E-state index contributed by atoms with van der Waals surface area (Å²) in [5.74, 6) is 0.0987. The van der Waals surface area contributed by atoms with Crippen LogP contribution in [-0.2, 0) is 11.3 Å². The number of hydrogen-bond donors (Lipinski definition) is 1. The van der Waals surface area contributed by atoms with Crippen molar-refractivity contribution in [3.8, 4) is 0 Å². The highest BCUT2D eigenvalue weighted by atomic mass is 79.9. The van der Waals surface area contributed by atoms with Gasteiger partial charge in [0.05, 0.1) is 0 Å². The van der Waals surface area contributed by atoms with Gasteiger partial charge in [0, 0.05) is 22.3 Å². The first-order chi connectivity index (χ1) is 12.0. The largest absolute Gasteiger partial charge is 0.324 e. The van der Waals surface area contributed by atoms with E-state index >= 15 is 0 Å². The van der Waals surface area contributed by atoms with E-state index in [-0.39, 0.29) is 11.8 Å². The minimum atomic E-state index is -0.483. The molecule has 4 nitrogen and oxygen atoms in total. The summed E-state index contributed by atoms with van der Waals surface area (Å²) in [6.07, 6.45) is 0.627. The summed E-state index contributed by atoms with van der Waals surface area (Å²) in [5, 5.41) is 2.95. The first-order valence-electron chi connectivity index (χ1n) is 8.41. The lowest BCUT2D eigenvalue weighted by Gasteiger charge is -2.28. The van der Waals surface area contributed by atoms with Crippen LogP contribution in [0.25, 0.3) is 0 Å². The predicted molar refractivity (Wildman–Crippen MR) is 102 cm³/mol. The van der Waals surface area contributed by atoms with E-state index in [4.69, 9.17) is 0 Å². The van der Waals surface area contributed by atoms with Gasteiger partial charge in [-0.25, -0.2) is 0 Å².